The molecule has 1 fully saturated rings. The van der Waals surface area contributed by atoms with Crippen LogP contribution in [0.25, 0.3) is 0 Å². The largest absolute Gasteiger partial charge is 0.348 e. The van der Waals surface area contributed by atoms with E-state index in [4.69, 9.17) is 9.05 Å². The predicted molar refractivity (Wildman–Crippen MR) is 64.4 cm³/mol. The summed E-state index contributed by atoms with van der Waals surface area (Å²) in [5.74, 6) is -0.394. The van der Waals surface area contributed by atoms with Crippen molar-refractivity contribution in [3.63, 3.8) is 0 Å². The third kappa shape index (κ3) is 2.30. The van der Waals surface area contributed by atoms with Crippen LogP contribution < -0.4 is 5.32 Å². The number of non-ortho nitro benzene ring substituents is 1. The van der Waals surface area contributed by atoms with Crippen LogP contribution in [0.5, 0.6) is 0 Å². The lowest BCUT2D eigenvalue weighted by atomic mass is 10.1. The van der Waals surface area contributed by atoms with E-state index in [-0.39, 0.29) is 11.7 Å². The van der Waals surface area contributed by atoms with Crippen molar-refractivity contribution in [1.29, 1.82) is 0 Å². The molecule has 0 saturated carbocycles. The molecule has 1 N–H and O–H groups in total. The molecule has 1 aromatic rings. The van der Waals surface area contributed by atoms with Gasteiger partial charge in [0.25, 0.3) is 5.69 Å². The number of nitro groups is 1. The molecular weight excluding hydrogens is 259 g/mol. The lowest BCUT2D eigenvalue weighted by molar-refractivity contribution is -0.384. The van der Waals surface area contributed by atoms with Crippen LogP contribution in [0.1, 0.15) is 11.6 Å². The van der Waals surface area contributed by atoms with Crippen molar-refractivity contribution in [2.45, 2.75) is 11.8 Å². The first-order valence-electron chi connectivity index (χ1n) is 5.23. The lowest BCUT2D eigenvalue weighted by Gasteiger charge is -2.11. The van der Waals surface area contributed by atoms with Crippen molar-refractivity contribution >= 4 is 13.3 Å². The van der Waals surface area contributed by atoms with Gasteiger partial charge in [-0.2, -0.15) is 0 Å². The topological polar surface area (TPSA) is 101 Å². The summed E-state index contributed by atoms with van der Waals surface area (Å²) in [7, 11) is -0.478. The summed E-state index contributed by atoms with van der Waals surface area (Å²) >= 11 is 0. The van der Waals surface area contributed by atoms with E-state index < -0.39 is 18.3 Å². The van der Waals surface area contributed by atoms with Gasteiger partial charge in [0.05, 0.1) is 11.0 Å². The quantitative estimate of drug-likeness (QED) is 0.381. The van der Waals surface area contributed by atoms with E-state index in [1.54, 1.807) is 12.1 Å². The highest BCUT2D eigenvalue weighted by atomic mass is 31.2. The van der Waals surface area contributed by atoms with Gasteiger partial charge in [-0.1, -0.05) is 12.1 Å². The van der Waals surface area contributed by atoms with Gasteiger partial charge in [0, 0.05) is 26.4 Å². The van der Waals surface area contributed by atoms with Crippen LogP contribution in [0.2, 0.25) is 0 Å². The predicted octanol–water partition coefficient (Wildman–Crippen LogP) is 2.05. The number of nitrogens with one attached hydrogen (secondary N) is 1. The molecule has 18 heavy (non-hydrogen) atoms. The lowest BCUT2D eigenvalue weighted by Crippen LogP contribution is -1.98. The fourth-order valence-electron chi connectivity index (χ4n) is 1.79. The van der Waals surface area contributed by atoms with Crippen LogP contribution in [-0.2, 0) is 13.6 Å². The molecule has 0 radical (unpaired) electrons. The highest BCUT2D eigenvalue weighted by Gasteiger charge is 2.52. The summed E-state index contributed by atoms with van der Waals surface area (Å²) < 4.78 is 21.8. The van der Waals surface area contributed by atoms with Crippen LogP contribution in [-0.4, -0.2) is 24.9 Å². The first-order valence-corrected chi connectivity index (χ1v) is 6.84. The molecule has 8 heteroatoms. The van der Waals surface area contributed by atoms with Crippen molar-refractivity contribution in [2.24, 2.45) is 0 Å². The van der Waals surface area contributed by atoms with Crippen LogP contribution >= 0.6 is 7.60 Å². The molecule has 1 saturated heterocycles. The Balaban J connectivity index is 2.12. The van der Waals surface area contributed by atoms with Crippen molar-refractivity contribution in [3.05, 3.63) is 39.9 Å². The monoisotopic (exact) mass is 272 g/mol. The van der Waals surface area contributed by atoms with Gasteiger partial charge in [-0.15, -0.1) is 0 Å². The molecule has 0 aromatic heterocycles. The zero-order valence-electron chi connectivity index (χ0n) is 9.90. The Bertz CT molecular complexity index is 495. The summed E-state index contributed by atoms with van der Waals surface area (Å²) in [6, 6.07) is 5.93. The van der Waals surface area contributed by atoms with Crippen LogP contribution in [0, 0.1) is 10.1 Å². The van der Waals surface area contributed by atoms with Crippen LogP contribution in [0.4, 0.5) is 5.69 Å². The van der Waals surface area contributed by atoms with E-state index in [9.17, 15) is 14.7 Å². The van der Waals surface area contributed by atoms with Crippen molar-refractivity contribution in [2.75, 3.05) is 14.2 Å². The fourth-order valence-corrected chi connectivity index (χ4v) is 3.27. The number of hydrogen-bond donors (Lipinski definition) is 1. The molecule has 1 aromatic carbocycles. The maximum Gasteiger partial charge on any atom is 0.348 e. The van der Waals surface area contributed by atoms with Gasteiger partial charge in [0.15, 0.2) is 0 Å². The molecule has 1 aliphatic heterocycles. The zero-order chi connectivity index (χ0) is 13.3. The molecule has 1 aliphatic rings. The van der Waals surface area contributed by atoms with Gasteiger partial charge in [0.1, 0.15) is 5.78 Å². The van der Waals surface area contributed by atoms with E-state index in [1.807, 2.05) is 0 Å². The highest BCUT2D eigenvalue weighted by molar-refractivity contribution is 7.55. The van der Waals surface area contributed by atoms with Gasteiger partial charge in [-0.3, -0.25) is 20.0 Å². The Labute approximate surface area is 104 Å². The first-order chi connectivity index (χ1) is 8.51. The van der Waals surface area contributed by atoms with Crippen LogP contribution in [0.3, 0.4) is 0 Å². The molecule has 0 unspecified atom stereocenters. The number of nitrogens with zero attached hydrogens (tertiary/aromatic N) is 1. The van der Waals surface area contributed by atoms with E-state index in [0.29, 0.717) is 0 Å². The van der Waals surface area contributed by atoms with E-state index in [0.717, 1.165) is 5.56 Å². The Morgan fingerprint density at radius 2 is 1.83 bits per heavy atom. The van der Waals surface area contributed by atoms with Crippen molar-refractivity contribution < 1.29 is 18.5 Å². The minimum absolute atomic E-state index is 0.0256. The van der Waals surface area contributed by atoms with Crippen molar-refractivity contribution in [1.82, 2.24) is 5.32 Å². The molecular formula is C10H13N2O5P. The Morgan fingerprint density at radius 1 is 1.28 bits per heavy atom. The molecule has 2 rings (SSSR count). The average molecular weight is 272 g/mol. The minimum atomic E-state index is -3.14. The standard InChI is InChI=1S/C10H13N2O5P/c1-16-18(15,17-2)10-9(11-10)7-3-5-8(6-4-7)12(13)14/h3-6,9-11H,1-2H3/t9-,10-/m0/s1. The first kappa shape index (κ1) is 13.2. The smallest absolute Gasteiger partial charge is 0.311 e. The summed E-state index contributed by atoms with van der Waals surface area (Å²) in [4.78, 5) is 10.1. The Morgan fingerprint density at radius 3 is 2.28 bits per heavy atom. The van der Waals surface area contributed by atoms with Crippen LogP contribution in [0.15, 0.2) is 24.3 Å². The van der Waals surface area contributed by atoms with E-state index in [1.165, 1.54) is 26.4 Å². The molecule has 0 amide bonds. The second-order valence-corrected chi connectivity index (χ2v) is 6.21. The maximum atomic E-state index is 12.1. The number of rotatable bonds is 5. The van der Waals surface area contributed by atoms with E-state index >= 15 is 0 Å². The molecule has 0 aliphatic carbocycles. The summed E-state index contributed by atoms with van der Waals surface area (Å²) in [5.41, 5.74) is 0.845. The SMILES string of the molecule is COP(=O)(OC)[C@@H]1N[C@H]1c1ccc([N+](=O)[O-])cc1. The van der Waals surface area contributed by atoms with Gasteiger partial charge in [-0.25, -0.2) is 0 Å². The van der Waals surface area contributed by atoms with Gasteiger partial charge < -0.3 is 9.05 Å². The Hall–Kier alpha value is -1.27. The van der Waals surface area contributed by atoms with Gasteiger partial charge in [0.2, 0.25) is 0 Å². The molecule has 2 atom stereocenters. The molecule has 98 valence electrons. The third-order valence-corrected chi connectivity index (χ3v) is 5.02. The molecule has 7 nitrogen and oxygen atoms in total. The fraction of sp³-hybridized carbons (Fsp3) is 0.400. The second kappa shape index (κ2) is 4.78. The van der Waals surface area contributed by atoms with E-state index in [2.05, 4.69) is 5.32 Å². The molecule has 1 heterocycles. The summed E-state index contributed by atoms with van der Waals surface area (Å²) in [5, 5.41) is 13.5. The zero-order valence-corrected chi connectivity index (χ0v) is 10.8. The summed E-state index contributed by atoms with van der Waals surface area (Å²) in [6.45, 7) is 0. The Kier molecular flexibility index (Phi) is 3.49. The van der Waals surface area contributed by atoms with Gasteiger partial charge >= 0.3 is 7.60 Å². The number of benzene rings is 1. The number of nitro benzene ring substituents is 1. The third-order valence-electron chi connectivity index (χ3n) is 2.87. The normalized spacial score (nSPS) is 22.8. The maximum absolute atomic E-state index is 12.1. The number of hydrogen-bond acceptors (Lipinski definition) is 6. The summed E-state index contributed by atoms with van der Waals surface area (Å²) in [6.07, 6.45) is 0. The van der Waals surface area contributed by atoms with Gasteiger partial charge in [-0.05, 0) is 5.56 Å². The molecule has 0 bridgehead atoms. The minimum Gasteiger partial charge on any atom is -0.311 e. The second-order valence-electron chi connectivity index (χ2n) is 3.84. The average Bonchev–Trinajstić information content (AvgIpc) is 3.18. The van der Waals surface area contributed by atoms with Crippen molar-refractivity contribution in [3.8, 4) is 0 Å². The molecule has 0 spiro atoms. The highest BCUT2D eigenvalue weighted by Crippen LogP contribution is 2.60.